The first-order valence-electron chi connectivity index (χ1n) is 11.6. The number of carboxylic acid groups (broad SMARTS) is 1. The first kappa shape index (κ1) is 20.4. The van der Waals surface area contributed by atoms with Crippen LogP contribution in [0, 0.1) is 0 Å². The van der Waals surface area contributed by atoms with Gasteiger partial charge in [0.2, 0.25) is 0 Å². The summed E-state index contributed by atoms with van der Waals surface area (Å²) in [5.41, 5.74) is 3.86. The van der Waals surface area contributed by atoms with Gasteiger partial charge in [0.25, 0.3) is 0 Å². The second-order valence-corrected chi connectivity index (χ2v) is 9.39. The molecule has 2 fully saturated rings. The van der Waals surface area contributed by atoms with Crippen LogP contribution >= 0.6 is 0 Å². The molecule has 31 heavy (non-hydrogen) atoms. The molecular weight excluding hydrogens is 392 g/mol. The Morgan fingerprint density at radius 3 is 2.77 bits per heavy atom. The third-order valence-corrected chi connectivity index (χ3v) is 7.17. The van der Waals surface area contributed by atoms with Gasteiger partial charge in [-0.2, -0.15) is 5.10 Å². The van der Waals surface area contributed by atoms with Crippen LogP contribution < -0.4 is 15.0 Å². The fourth-order valence-corrected chi connectivity index (χ4v) is 5.14. The Labute approximate surface area is 183 Å². The van der Waals surface area contributed by atoms with Crippen molar-refractivity contribution >= 4 is 11.8 Å². The predicted octanol–water partition coefficient (Wildman–Crippen LogP) is 4.61. The summed E-state index contributed by atoms with van der Waals surface area (Å²) in [4.78, 5) is 13.5. The summed E-state index contributed by atoms with van der Waals surface area (Å²) < 4.78 is 8.60. The van der Waals surface area contributed by atoms with E-state index < -0.39 is 6.09 Å². The fourth-order valence-electron chi connectivity index (χ4n) is 5.14. The normalized spacial score (nSPS) is 26.3. The first-order chi connectivity index (χ1) is 15.0. The van der Waals surface area contributed by atoms with Gasteiger partial charge in [-0.1, -0.05) is 0 Å². The van der Waals surface area contributed by atoms with Crippen LogP contribution in [0.2, 0.25) is 0 Å². The Morgan fingerprint density at radius 1 is 1.23 bits per heavy atom. The smallest absolute Gasteiger partial charge is 0.412 e. The van der Waals surface area contributed by atoms with Gasteiger partial charge in [-0.3, -0.25) is 9.58 Å². The van der Waals surface area contributed by atoms with Crippen molar-refractivity contribution in [2.75, 3.05) is 11.4 Å². The molecule has 1 aliphatic carbocycles. The Morgan fingerprint density at radius 2 is 2.06 bits per heavy atom. The number of hydrogen-bond acceptors (Lipinski definition) is 4. The molecule has 3 atom stereocenters. The van der Waals surface area contributed by atoms with Gasteiger partial charge in [-0.15, -0.1) is 0 Å². The van der Waals surface area contributed by atoms with E-state index in [9.17, 15) is 9.90 Å². The molecule has 5 rings (SSSR count). The van der Waals surface area contributed by atoms with Crippen LogP contribution in [0.25, 0.3) is 11.1 Å². The van der Waals surface area contributed by atoms with Crippen LogP contribution in [0.3, 0.4) is 0 Å². The molecule has 1 aromatic carbocycles. The molecule has 7 heteroatoms. The second-order valence-electron chi connectivity index (χ2n) is 9.39. The van der Waals surface area contributed by atoms with Crippen LogP contribution in [0.5, 0.6) is 5.75 Å². The number of ether oxygens (including phenoxy) is 1. The van der Waals surface area contributed by atoms with E-state index in [1.807, 2.05) is 25.3 Å². The van der Waals surface area contributed by atoms with Gasteiger partial charge in [0.1, 0.15) is 5.75 Å². The number of nitrogens with one attached hydrogen (secondary N) is 1. The first-order valence-corrected chi connectivity index (χ1v) is 11.6. The Hall–Kier alpha value is -2.54. The van der Waals surface area contributed by atoms with Crippen molar-refractivity contribution in [3.05, 3.63) is 30.1 Å². The zero-order valence-corrected chi connectivity index (χ0v) is 18.4. The van der Waals surface area contributed by atoms with Gasteiger partial charge in [0.05, 0.1) is 24.0 Å². The summed E-state index contributed by atoms with van der Waals surface area (Å²) in [5, 5.41) is 18.0. The summed E-state index contributed by atoms with van der Waals surface area (Å²) in [7, 11) is 0. The maximum Gasteiger partial charge on any atom is 0.412 e. The largest absolute Gasteiger partial charge is 0.489 e. The van der Waals surface area contributed by atoms with Crippen molar-refractivity contribution in [1.29, 1.82) is 0 Å². The molecule has 1 unspecified atom stereocenters. The highest BCUT2D eigenvalue weighted by molar-refractivity contribution is 5.91. The highest BCUT2D eigenvalue weighted by Gasteiger charge is 2.33. The Bertz CT molecular complexity index is 968. The number of rotatable bonds is 4. The number of amides is 1. The van der Waals surface area contributed by atoms with Gasteiger partial charge in [-0.25, -0.2) is 4.79 Å². The van der Waals surface area contributed by atoms with Crippen LogP contribution in [0.4, 0.5) is 10.5 Å². The minimum absolute atomic E-state index is 0.0305. The summed E-state index contributed by atoms with van der Waals surface area (Å²) >= 11 is 0. The average Bonchev–Trinajstić information content (AvgIpc) is 3.20. The lowest BCUT2D eigenvalue weighted by Crippen LogP contribution is -2.41. The zero-order chi connectivity index (χ0) is 21.5. The van der Waals surface area contributed by atoms with E-state index >= 15 is 0 Å². The quantitative estimate of drug-likeness (QED) is 0.749. The molecule has 0 radical (unpaired) electrons. The van der Waals surface area contributed by atoms with E-state index in [1.165, 1.54) is 11.3 Å². The Kier molecular flexibility index (Phi) is 5.38. The van der Waals surface area contributed by atoms with Gasteiger partial charge in [-0.05, 0) is 77.5 Å². The molecule has 3 heterocycles. The van der Waals surface area contributed by atoms with Gasteiger partial charge < -0.3 is 15.2 Å². The van der Waals surface area contributed by atoms with Crippen LogP contribution in [-0.4, -0.2) is 45.7 Å². The standard InChI is InChI=1S/C24H32N4O3/c1-15-12-18(10-11-25-15)27-14-17(13-26-27)20-8-9-22-21(23(20)31-19-4-3-5-19)7-6-16(2)28(22)24(29)30/h8-9,13-16,18-19,25H,3-7,10-12H2,1-2H3,(H,29,30)/t15-,16?,18-/m0/s1. The molecule has 0 spiro atoms. The van der Waals surface area contributed by atoms with E-state index in [0.717, 1.165) is 73.2 Å². The highest BCUT2D eigenvalue weighted by atomic mass is 16.5. The molecule has 2 aliphatic heterocycles. The number of benzene rings is 1. The maximum absolute atomic E-state index is 12.0. The van der Waals surface area contributed by atoms with Crippen molar-refractivity contribution in [3.8, 4) is 16.9 Å². The maximum atomic E-state index is 12.0. The predicted molar refractivity (Wildman–Crippen MR) is 120 cm³/mol. The van der Waals surface area contributed by atoms with Crippen molar-refractivity contribution in [2.24, 2.45) is 0 Å². The molecule has 7 nitrogen and oxygen atoms in total. The molecule has 1 saturated carbocycles. The van der Waals surface area contributed by atoms with Crippen molar-refractivity contribution in [2.45, 2.75) is 83.0 Å². The molecule has 2 aromatic rings. The van der Waals surface area contributed by atoms with Gasteiger partial charge in [0.15, 0.2) is 0 Å². The van der Waals surface area contributed by atoms with Crippen molar-refractivity contribution < 1.29 is 14.6 Å². The lowest BCUT2D eigenvalue weighted by Gasteiger charge is -2.36. The third kappa shape index (κ3) is 3.80. The minimum atomic E-state index is -0.899. The summed E-state index contributed by atoms with van der Waals surface area (Å²) in [6.45, 7) is 5.21. The Balaban J connectivity index is 1.53. The van der Waals surface area contributed by atoms with Crippen molar-refractivity contribution in [3.63, 3.8) is 0 Å². The number of fused-ring (bicyclic) bond motifs is 1. The molecule has 2 N–H and O–H groups in total. The van der Waals surface area contributed by atoms with Crippen LogP contribution in [-0.2, 0) is 6.42 Å². The molecule has 0 bridgehead atoms. The van der Waals surface area contributed by atoms with Crippen LogP contribution in [0.1, 0.15) is 64.0 Å². The number of aromatic nitrogens is 2. The zero-order valence-electron chi connectivity index (χ0n) is 18.4. The lowest BCUT2D eigenvalue weighted by molar-refractivity contribution is 0.119. The number of anilines is 1. The van der Waals surface area contributed by atoms with Gasteiger partial charge >= 0.3 is 6.09 Å². The average molecular weight is 425 g/mol. The summed E-state index contributed by atoms with van der Waals surface area (Å²) in [6, 6.07) is 4.84. The SMILES string of the molecule is CC1CCc2c(ccc(-c3cnn([C@H]4CCN[C@@H](C)C4)c3)c2OC2CCC2)N1C(=O)O. The monoisotopic (exact) mass is 424 g/mol. The van der Waals surface area contributed by atoms with Crippen molar-refractivity contribution in [1.82, 2.24) is 15.1 Å². The molecule has 1 saturated heterocycles. The van der Waals surface area contributed by atoms with E-state index in [2.05, 4.69) is 23.1 Å². The van der Waals surface area contributed by atoms with Gasteiger partial charge in [0, 0.05) is 35.0 Å². The number of hydrogen-bond donors (Lipinski definition) is 2. The summed E-state index contributed by atoms with van der Waals surface area (Å²) in [5.74, 6) is 0.860. The number of nitrogens with zero attached hydrogens (tertiary/aromatic N) is 3. The topological polar surface area (TPSA) is 79.6 Å². The molecule has 1 amide bonds. The van der Waals surface area contributed by atoms with Crippen LogP contribution in [0.15, 0.2) is 24.5 Å². The number of carbonyl (C=O) groups is 1. The van der Waals surface area contributed by atoms with E-state index in [0.29, 0.717) is 12.1 Å². The molecule has 3 aliphatic rings. The van der Waals surface area contributed by atoms with E-state index in [4.69, 9.17) is 9.84 Å². The number of piperidine rings is 1. The van der Waals surface area contributed by atoms with E-state index in [1.54, 1.807) is 0 Å². The highest BCUT2D eigenvalue weighted by Crippen LogP contribution is 2.44. The minimum Gasteiger partial charge on any atom is -0.489 e. The lowest BCUT2D eigenvalue weighted by atomic mass is 9.91. The van der Waals surface area contributed by atoms with E-state index in [-0.39, 0.29) is 12.1 Å². The fraction of sp³-hybridized carbons (Fsp3) is 0.583. The third-order valence-electron chi connectivity index (χ3n) is 7.17. The second kappa shape index (κ2) is 8.19. The molecular formula is C24H32N4O3. The molecule has 166 valence electrons. The summed E-state index contributed by atoms with van der Waals surface area (Å²) in [6.07, 6.45) is 10.5. The molecule has 1 aromatic heterocycles.